The van der Waals surface area contributed by atoms with Crippen molar-refractivity contribution in [2.24, 2.45) is 0 Å². The molecule has 0 saturated carbocycles. The Balaban J connectivity index is 3.18. The highest BCUT2D eigenvalue weighted by Crippen LogP contribution is 2.27. The summed E-state index contributed by atoms with van der Waals surface area (Å²) in [4.78, 5) is 0. The van der Waals surface area contributed by atoms with Gasteiger partial charge in [0.2, 0.25) is 0 Å². The minimum atomic E-state index is -0.210. The molecule has 0 heterocycles. The maximum absolute atomic E-state index is 9.33. The van der Waals surface area contributed by atoms with Crippen LogP contribution >= 0.6 is 0 Å². The number of methoxy groups -OCH3 is 1. The smallest absolute Gasteiger partial charge is 0.119 e. The molecule has 0 aliphatic heterocycles. The number of hydrogen-bond acceptors (Lipinski definition) is 2. The van der Waals surface area contributed by atoms with Gasteiger partial charge >= 0.3 is 0 Å². The highest BCUT2D eigenvalue weighted by Gasteiger charge is 2.20. The number of rotatable bonds is 4. The molecular formula is C13H20O2. The van der Waals surface area contributed by atoms with Crippen molar-refractivity contribution in [1.29, 1.82) is 0 Å². The SMILES string of the molecule is CCc1cc(OC)cc(C(C)(C)CO)c1. The zero-order valence-corrected chi connectivity index (χ0v) is 10.0. The van der Waals surface area contributed by atoms with E-state index in [1.54, 1.807) is 7.11 Å². The second kappa shape index (κ2) is 4.67. The van der Waals surface area contributed by atoms with Crippen LogP contribution in [0.5, 0.6) is 5.75 Å². The van der Waals surface area contributed by atoms with Crippen molar-refractivity contribution in [1.82, 2.24) is 0 Å². The van der Waals surface area contributed by atoms with Gasteiger partial charge in [0.25, 0.3) is 0 Å². The number of ether oxygens (including phenoxy) is 1. The van der Waals surface area contributed by atoms with E-state index < -0.39 is 0 Å². The van der Waals surface area contributed by atoms with Gasteiger partial charge < -0.3 is 9.84 Å². The first kappa shape index (κ1) is 12.1. The van der Waals surface area contributed by atoms with Crippen LogP contribution in [0.25, 0.3) is 0 Å². The predicted octanol–water partition coefficient (Wildman–Crippen LogP) is 2.53. The fraction of sp³-hybridized carbons (Fsp3) is 0.538. The van der Waals surface area contributed by atoms with Crippen LogP contribution in [0.15, 0.2) is 18.2 Å². The molecule has 0 atom stereocenters. The van der Waals surface area contributed by atoms with Crippen LogP contribution in [0.2, 0.25) is 0 Å². The van der Waals surface area contributed by atoms with Gasteiger partial charge in [-0.25, -0.2) is 0 Å². The van der Waals surface area contributed by atoms with Crippen molar-refractivity contribution in [3.63, 3.8) is 0 Å². The molecule has 0 bridgehead atoms. The fourth-order valence-corrected chi connectivity index (χ4v) is 1.46. The van der Waals surface area contributed by atoms with Gasteiger partial charge in [0.1, 0.15) is 5.75 Å². The van der Waals surface area contributed by atoms with E-state index in [1.807, 2.05) is 26.0 Å². The molecule has 0 aliphatic rings. The van der Waals surface area contributed by atoms with Gasteiger partial charge in [0, 0.05) is 5.41 Å². The first-order valence-corrected chi connectivity index (χ1v) is 5.32. The van der Waals surface area contributed by atoms with Gasteiger partial charge in [-0.1, -0.05) is 26.8 Å². The Morgan fingerprint density at radius 3 is 2.40 bits per heavy atom. The molecule has 1 N–H and O–H groups in total. The van der Waals surface area contributed by atoms with Gasteiger partial charge in [-0.3, -0.25) is 0 Å². The lowest BCUT2D eigenvalue weighted by atomic mass is 9.84. The molecule has 2 heteroatoms. The Morgan fingerprint density at radius 1 is 1.27 bits per heavy atom. The highest BCUT2D eigenvalue weighted by atomic mass is 16.5. The Bertz CT molecular complexity index is 307. The lowest BCUT2D eigenvalue weighted by Crippen LogP contribution is -2.22. The van der Waals surface area contributed by atoms with E-state index >= 15 is 0 Å². The number of hydrogen-bond donors (Lipinski definition) is 1. The lowest BCUT2D eigenvalue weighted by Gasteiger charge is -2.23. The summed E-state index contributed by atoms with van der Waals surface area (Å²) in [5, 5.41) is 9.33. The van der Waals surface area contributed by atoms with Gasteiger partial charge in [-0.15, -0.1) is 0 Å². The topological polar surface area (TPSA) is 29.5 Å². The number of aryl methyl sites for hydroxylation is 1. The van der Waals surface area contributed by atoms with E-state index in [2.05, 4.69) is 13.0 Å². The molecule has 1 rings (SSSR count). The third-order valence-electron chi connectivity index (χ3n) is 2.79. The van der Waals surface area contributed by atoms with E-state index in [0.717, 1.165) is 17.7 Å². The average molecular weight is 208 g/mol. The second-order valence-electron chi connectivity index (χ2n) is 4.47. The van der Waals surface area contributed by atoms with Crippen molar-refractivity contribution >= 4 is 0 Å². The van der Waals surface area contributed by atoms with Gasteiger partial charge in [0.15, 0.2) is 0 Å². The maximum atomic E-state index is 9.33. The average Bonchev–Trinajstić information content (AvgIpc) is 2.28. The van der Waals surface area contributed by atoms with Crippen molar-refractivity contribution in [2.45, 2.75) is 32.6 Å². The second-order valence-corrected chi connectivity index (χ2v) is 4.47. The van der Waals surface area contributed by atoms with Crippen LogP contribution in [0, 0.1) is 0 Å². The summed E-state index contributed by atoms with van der Waals surface area (Å²) in [5.41, 5.74) is 2.16. The molecule has 0 aromatic heterocycles. The molecule has 2 nitrogen and oxygen atoms in total. The van der Waals surface area contributed by atoms with Crippen molar-refractivity contribution < 1.29 is 9.84 Å². The first-order valence-electron chi connectivity index (χ1n) is 5.32. The third kappa shape index (κ3) is 2.72. The number of aliphatic hydroxyl groups excluding tert-OH is 1. The van der Waals surface area contributed by atoms with E-state index in [0.29, 0.717) is 0 Å². The van der Waals surface area contributed by atoms with Crippen molar-refractivity contribution in [3.8, 4) is 5.75 Å². The lowest BCUT2D eigenvalue weighted by molar-refractivity contribution is 0.218. The number of benzene rings is 1. The molecule has 0 spiro atoms. The Hall–Kier alpha value is -1.02. The summed E-state index contributed by atoms with van der Waals surface area (Å²) in [7, 11) is 1.67. The van der Waals surface area contributed by atoms with Crippen molar-refractivity contribution in [3.05, 3.63) is 29.3 Å². The molecule has 1 aromatic carbocycles. The van der Waals surface area contributed by atoms with Crippen LogP contribution < -0.4 is 4.74 Å². The van der Waals surface area contributed by atoms with Gasteiger partial charge in [0.05, 0.1) is 13.7 Å². The van der Waals surface area contributed by atoms with Crippen LogP contribution in [0.1, 0.15) is 31.9 Å². The summed E-state index contributed by atoms with van der Waals surface area (Å²) in [6.07, 6.45) is 0.978. The van der Waals surface area contributed by atoms with E-state index in [-0.39, 0.29) is 12.0 Å². The third-order valence-corrected chi connectivity index (χ3v) is 2.79. The normalized spacial score (nSPS) is 11.5. The zero-order valence-electron chi connectivity index (χ0n) is 10.0. The number of aliphatic hydroxyl groups is 1. The molecule has 1 aromatic rings. The predicted molar refractivity (Wildman–Crippen MR) is 62.5 cm³/mol. The zero-order chi connectivity index (χ0) is 11.5. The Kier molecular flexibility index (Phi) is 3.75. The van der Waals surface area contributed by atoms with Crippen LogP contribution in [-0.4, -0.2) is 18.8 Å². The summed E-state index contributed by atoms with van der Waals surface area (Å²) >= 11 is 0. The molecule has 15 heavy (non-hydrogen) atoms. The molecular weight excluding hydrogens is 188 g/mol. The summed E-state index contributed by atoms with van der Waals surface area (Å²) < 4.78 is 5.26. The molecule has 84 valence electrons. The summed E-state index contributed by atoms with van der Waals surface area (Å²) in [6.45, 7) is 6.32. The fourth-order valence-electron chi connectivity index (χ4n) is 1.46. The van der Waals surface area contributed by atoms with E-state index in [1.165, 1.54) is 5.56 Å². The van der Waals surface area contributed by atoms with Gasteiger partial charge in [-0.2, -0.15) is 0 Å². The molecule has 0 radical (unpaired) electrons. The quantitative estimate of drug-likeness (QED) is 0.824. The van der Waals surface area contributed by atoms with Crippen molar-refractivity contribution in [2.75, 3.05) is 13.7 Å². The Morgan fingerprint density at radius 2 is 1.93 bits per heavy atom. The van der Waals surface area contributed by atoms with E-state index in [9.17, 15) is 5.11 Å². The monoisotopic (exact) mass is 208 g/mol. The van der Waals surface area contributed by atoms with Crippen LogP contribution in [0.4, 0.5) is 0 Å². The van der Waals surface area contributed by atoms with E-state index in [4.69, 9.17) is 4.74 Å². The highest BCUT2D eigenvalue weighted by molar-refractivity contribution is 5.38. The Labute approximate surface area is 91.9 Å². The molecule has 0 unspecified atom stereocenters. The largest absolute Gasteiger partial charge is 0.497 e. The van der Waals surface area contributed by atoms with Gasteiger partial charge in [-0.05, 0) is 29.7 Å². The first-order chi connectivity index (χ1) is 7.03. The molecule has 0 saturated heterocycles. The summed E-state index contributed by atoms with van der Waals surface area (Å²) in [6, 6.07) is 6.17. The van der Waals surface area contributed by atoms with Crippen LogP contribution in [-0.2, 0) is 11.8 Å². The van der Waals surface area contributed by atoms with Crippen LogP contribution in [0.3, 0.4) is 0 Å². The maximum Gasteiger partial charge on any atom is 0.119 e. The molecule has 0 amide bonds. The minimum Gasteiger partial charge on any atom is -0.497 e. The minimum absolute atomic E-state index is 0.142. The summed E-state index contributed by atoms with van der Waals surface area (Å²) in [5.74, 6) is 0.867. The standard InChI is InChI=1S/C13H20O2/c1-5-10-6-11(13(2,3)9-14)8-12(7-10)15-4/h6-8,14H,5,9H2,1-4H3. The molecule has 0 aliphatic carbocycles. The molecule has 0 fully saturated rings.